The highest BCUT2D eigenvalue weighted by molar-refractivity contribution is 5.82. The normalized spacial score (nSPS) is 13.8. The molecule has 0 radical (unpaired) electrons. The minimum absolute atomic E-state index is 0.173. The van der Waals surface area contributed by atoms with Crippen LogP contribution in [0.4, 0.5) is 0 Å². The van der Waals surface area contributed by atoms with Crippen molar-refractivity contribution in [2.45, 2.75) is 45.8 Å². The van der Waals surface area contributed by atoms with E-state index >= 15 is 0 Å². The van der Waals surface area contributed by atoms with Crippen LogP contribution in [-0.2, 0) is 11.2 Å². The predicted octanol–water partition coefficient (Wildman–Crippen LogP) is 4.07. The summed E-state index contributed by atoms with van der Waals surface area (Å²) in [4.78, 5) is 0. The van der Waals surface area contributed by atoms with E-state index in [0.717, 1.165) is 24.3 Å². The monoisotopic (exact) mass is 275 g/mol. The van der Waals surface area contributed by atoms with Crippen molar-refractivity contribution in [2.24, 2.45) is 0 Å². The number of para-hydroxylation sites is 1. The minimum Gasteiger partial charge on any atom is -0.459 e. The van der Waals surface area contributed by atoms with E-state index in [9.17, 15) is 0 Å². The summed E-state index contributed by atoms with van der Waals surface area (Å²) in [6, 6.07) is 8.41. The zero-order valence-corrected chi connectivity index (χ0v) is 13.1. The van der Waals surface area contributed by atoms with Gasteiger partial charge in [0.05, 0.1) is 11.6 Å². The first kappa shape index (κ1) is 15.1. The molecule has 0 aliphatic heterocycles. The van der Waals surface area contributed by atoms with Crippen LogP contribution < -0.4 is 5.32 Å². The Hall–Kier alpha value is -1.32. The second kappa shape index (κ2) is 5.98. The molecule has 2 aromatic rings. The van der Waals surface area contributed by atoms with E-state index in [1.807, 2.05) is 12.1 Å². The number of hydrogen-bond acceptors (Lipinski definition) is 3. The Morgan fingerprint density at radius 2 is 2.00 bits per heavy atom. The number of fused-ring (bicyclic) bond motifs is 1. The fourth-order valence-corrected chi connectivity index (χ4v) is 2.40. The van der Waals surface area contributed by atoms with Crippen molar-refractivity contribution in [2.75, 3.05) is 13.7 Å². The number of furan rings is 1. The maximum atomic E-state index is 6.05. The van der Waals surface area contributed by atoms with Crippen LogP contribution in [0.1, 0.15) is 45.1 Å². The average molecular weight is 275 g/mol. The summed E-state index contributed by atoms with van der Waals surface area (Å²) in [5, 5.41) is 4.73. The zero-order valence-electron chi connectivity index (χ0n) is 13.1. The summed E-state index contributed by atoms with van der Waals surface area (Å²) < 4.78 is 11.5. The van der Waals surface area contributed by atoms with E-state index in [1.54, 1.807) is 7.11 Å². The third kappa shape index (κ3) is 3.05. The lowest BCUT2D eigenvalue weighted by Gasteiger charge is -2.25. The summed E-state index contributed by atoms with van der Waals surface area (Å²) in [6.45, 7) is 9.25. The number of aryl methyl sites for hydroxylation is 1. The van der Waals surface area contributed by atoms with Crippen LogP contribution in [-0.4, -0.2) is 19.3 Å². The molecule has 0 aliphatic rings. The Balaban J connectivity index is 2.23. The van der Waals surface area contributed by atoms with Crippen LogP contribution in [0.5, 0.6) is 0 Å². The minimum atomic E-state index is -0.174. The van der Waals surface area contributed by atoms with Crippen molar-refractivity contribution in [3.8, 4) is 0 Å². The smallest absolute Gasteiger partial charge is 0.134 e. The first-order chi connectivity index (χ1) is 9.48. The summed E-state index contributed by atoms with van der Waals surface area (Å²) in [5.41, 5.74) is 2.10. The van der Waals surface area contributed by atoms with Gasteiger partial charge in [0, 0.05) is 24.6 Å². The van der Waals surface area contributed by atoms with Crippen molar-refractivity contribution in [3.63, 3.8) is 0 Å². The molecule has 110 valence electrons. The van der Waals surface area contributed by atoms with Gasteiger partial charge in [-0.15, -0.1) is 0 Å². The van der Waals surface area contributed by atoms with Crippen molar-refractivity contribution >= 4 is 11.0 Å². The van der Waals surface area contributed by atoms with Crippen LogP contribution in [0.15, 0.2) is 28.7 Å². The largest absolute Gasteiger partial charge is 0.459 e. The van der Waals surface area contributed by atoms with Crippen LogP contribution in [0.2, 0.25) is 0 Å². The molecule has 0 aliphatic carbocycles. The molecular formula is C17H25NO2. The number of nitrogens with one attached hydrogen (secondary N) is 1. The molecule has 1 aromatic carbocycles. The van der Waals surface area contributed by atoms with Gasteiger partial charge in [0.25, 0.3) is 0 Å². The lowest BCUT2D eigenvalue weighted by Crippen LogP contribution is -2.37. The van der Waals surface area contributed by atoms with Gasteiger partial charge in [-0.3, -0.25) is 0 Å². The first-order valence-electron chi connectivity index (χ1n) is 7.27. The summed E-state index contributed by atoms with van der Waals surface area (Å²) in [7, 11) is 1.74. The molecule has 1 heterocycles. The van der Waals surface area contributed by atoms with E-state index in [2.05, 4.69) is 45.1 Å². The van der Waals surface area contributed by atoms with Crippen molar-refractivity contribution < 1.29 is 9.15 Å². The molecule has 0 fully saturated rings. The summed E-state index contributed by atoms with van der Waals surface area (Å²) in [6.07, 6.45) is 0.978. The first-order valence-corrected chi connectivity index (χ1v) is 7.27. The summed E-state index contributed by atoms with van der Waals surface area (Å²) in [5.74, 6) is 1.04. The van der Waals surface area contributed by atoms with E-state index in [0.29, 0.717) is 0 Å². The Kier molecular flexibility index (Phi) is 4.51. The Labute approximate surface area is 121 Å². The van der Waals surface area contributed by atoms with E-state index in [4.69, 9.17) is 9.15 Å². The fourth-order valence-electron chi connectivity index (χ4n) is 2.40. The van der Waals surface area contributed by atoms with Gasteiger partial charge in [0.1, 0.15) is 11.3 Å². The van der Waals surface area contributed by atoms with E-state index in [1.165, 1.54) is 10.9 Å². The molecule has 0 saturated heterocycles. The molecule has 1 atom stereocenters. The third-order valence-corrected chi connectivity index (χ3v) is 3.86. The van der Waals surface area contributed by atoms with Crippen molar-refractivity contribution in [1.82, 2.24) is 5.32 Å². The molecule has 0 amide bonds. The van der Waals surface area contributed by atoms with Crippen LogP contribution in [0, 0.1) is 0 Å². The predicted molar refractivity (Wildman–Crippen MR) is 83.1 cm³/mol. The topological polar surface area (TPSA) is 34.4 Å². The van der Waals surface area contributed by atoms with Gasteiger partial charge >= 0.3 is 0 Å². The summed E-state index contributed by atoms with van der Waals surface area (Å²) >= 11 is 0. The highest BCUT2D eigenvalue weighted by Crippen LogP contribution is 2.30. The molecule has 1 N–H and O–H groups in total. The molecule has 0 saturated carbocycles. The fraction of sp³-hybridized carbons (Fsp3) is 0.529. The second-order valence-electron chi connectivity index (χ2n) is 5.86. The molecule has 0 bridgehead atoms. The Bertz CT molecular complexity index is 571. The van der Waals surface area contributed by atoms with Gasteiger partial charge in [-0.05, 0) is 33.3 Å². The highest BCUT2D eigenvalue weighted by atomic mass is 16.5. The maximum Gasteiger partial charge on any atom is 0.134 e. The van der Waals surface area contributed by atoms with Gasteiger partial charge in [0.2, 0.25) is 0 Å². The Morgan fingerprint density at radius 1 is 1.30 bits per heavy atom. The van der Waals surface area contributed by atoms with Crippen LogP contribution in [0.3, 0.4) is 0 Å². The quantitative estimate of drug-likeness (QED) is 0.863. The Morgan fingerprint density at radius 3 is 2.65 bits per heavy atom. The molecule has 1 unspecified atom stereocenters. The second-order valence-corrected chi connectivity index (χ2v) is 5.86. The molecule has 1 aromatic heterocycles. The molecular weight excluding hydrogens is 250 g/mol. The van der Waals surface area contributed by atoms with Crippen LogP contribution >= 0.6 is 0 Å². The molecule has 0 spiro atoms. The van der Waals surface area contributed by atoms with Gasteiger partial charge in [-0.25, -0.2) is 0 Å². The SMILES string of the molecule is CCc1c(C(C)NCC(C)(C)OC)oc2ccccc12. The van der Waals surface area contributed by atoms with Gasteiger partial charge < -0.3 is 14.5 Å². The van der Waals surface area contributed by atoms with Crippen LogP contribution in [0.25, 0.3) is 11.0 Å². The van der Waals surface area contributed by atoms with Crippen molar-refractivity contribution in [1.29, 1.82) is 0 Å². The molecule has 3 nitrogen and oxygen atoms in total. The standard InChI is InChI=1S/C17H25NO2/c1-6-13-14-9-7-8-10-15(14)20-16(13)12(2)18-11-17(3,4)19-5/h7-10,12,18H,6,11H2,1-5H3. The number of hydrogen-bond donors (Lipinski definition) is 1. The molecule has 20 heavy (non-hydrogen) atoms. The maximum absolute atomic E-state index is 6.05. The van der Waals surface area contributed by atoms with E-state index < -0.39 is 0 Å². The average Bonchev–Trinajstić information content (AvgIpc) is 2.83. The molecule has 3 heteroatoms. The third-order valence-electron chi connectivity index (χ3n) is 3.86. The lowest BCUT2D eigenvalue weighted by molar-refractivity contribution is 0.0209. The number of rotatable bonds is 6. The van der Waals surface area contributed by atoms with E-state index in [-0.39, 0.29) is 11.6 Å². The lowest BCUT2D eigenvalue weighted by atomic mass is 10.0. The van der Waals surface area contributed by atoms with Crippen molar-refractivity contribution in [3.05, 3.63) is 35.6 Å². The van der Waals surface area contributed by atoms with Gasteiger partial charge in [-0.2, -0.15) is 0 Å². The van der Waals surface area contributed by atoms with Gasteiger partial charge in [0.15, 0.2) is 0 Å². The number of ether oxygens (including phenoxy) is 1. The number of methoxy groups -OCH3 is 1. The number of benzene rings is 1. The zero-order chi connectivity index (χ0) is 14.8. The van der Waals surface area contributed by atoms with Gasteiger partial charge in [-0.1, -0.05) is 25.1 Å². The highest BCUT2D eigenvalue weighted by Gasteiger charge is 2.21. The molecule has 2 rings (SSSR count).